The van der Waals surface area contributed by atoms with E-state index in [1.807, 2.05) is 4.90 Å². The first-order valence-electron chi connectivity index (χ1n) is 9.19. The molecule has 1 saturated heterocycles. The highest BCUT2D eigenvalue weighted by Crippen LogP contribution is 2.36. The summed E-state index contributed by atoms with van der Waals surface area (Å²) in [5.74, 6) is -0.565. The summed E-state index contributed by atoms with van der Waals surface area (Å²) in [6.07, 6.45) is -1.49. The number of halogens is 5. The van der Waals surface area contributed by atoms with Crippen molar-refractivity contribution in [3.05, 3.63) is 57.0 Å². The molecular weight excluding hydrogens is 503 g/mol. The lowest BCUT2D eigenvalue weighted by atomic mass is 10.1. The van der Waals surface area contributed by atoms with Gasteiger partial charge < -0.3 is 10.2 Å². The lowest BCUT2D eigenvalue weighted by Gasteiger charge is -2.31. The van der Waals surface area contributed by atoms with E-state index in [-0.39, 0.29) is 21.4 Å². The number of benzene rings is 2. The Morgan fingerprint density at radius 3 is 2.47 bits per heavy atom. The van der Waals surface area contributed by atoms with Crippen LogP contribution in [0.4, 0.5) is 24.5 Å². The summed E-state index contributed by atoms with van der Waals surface area (Å²) >= 11 is 14.5. The Hall–Kier alpha value is -1.84. The van der Waals surface area contributed by atoms with E-state index in [4.69, 9.17) is 23.8 Å². The number of hydrogen-bond donors (Lipinski definition) is 2. The Balaban J connectivity index is 1.83. The Bertz CT molecular complexity index is 965. The number of anilines is 2. The molecule has 0 unspecified atom stereocenters. The van der Waals surface area contributed by atoms with E-state index in [1.54, 1.807) is 12.1 Å². The first kappa shape index (κ1) is 22.8. The molecule has 1 fully saturated rings. The van der Waals surface area contributed by atoms with Crippen LogP contribution in [0.15, 0.2) is 40.9 Å². The third-order valence-corrected chi connectivity index (χ3v) is 5.70. The maximum Gasteiger partial charge on any atom is 0.416 e. The van der Waals surface area contributed by atoms with Crippen LogP contribution in [0.2, 0.25) is 5.02 Å². The number of alkyl halides is 3. The first-order chi connectivity index (χ1) is 14.1. The van der Waals surface area contributed by atoms with Crippen LogP contribution in [0.25, 0.3) is 0 Å². The zero-order valence-corrected chi connectivity index (χ0v) is 18.8. The fourth-order valence-corrected chi connectivity index (χ4v) is 3.99. The van der Waals surface area contributed by atoms with Gasteiger partial charge in [-0.15, -0.1) is 0 Å². The van der Waals surface area contributed by atoms with Gasteiger partial charge in [-0.05, 0) is 67.9 Å². The molecular formula is C20H18BrClF3N3OS. The fraction of sp³-hybridized carbons (Fsp3) is 0.300. The molecule has 3 rings (SSSR count). The second-order valence-corrected chi connectivity index (χ2v) is 8.54. The highest BCUT2D eigenvalue weighted by molar-refractivity contribution is 9.10. The molecule has 0 spiro atoms. The molecule has 0 saturated carbocycles. The van der Waals surface area contributed by atoms with E-state index < -0.39 is 17.6 Å². The average molecular weight is 521 g/mol. The van der Waals surface area contributed by atoms with E-state index in [1.165, 1.54) is 12.1 Å². The number of nitrogens with zero attached hydrogens (tertiary/aromatic N) is 1. The highest BCUT2D eigenvalue weighted by Gasteiger charge is 2.31. The van der Waals surface area contributed by atoms with Crippen molar-refractivity contribution >= 4 is 62.1 Å². The van der Waals surface area contributed by atoms with Gasteiger partial charge in [0.25, 0.3) is 5.91 Å². The van der Waals surface area contributed by atoms with Gasteiger partial charge in [0.15, 0.2) is 5.11 Å². The third-order valence-electron chi connectivity index (χ3n) is 4.67. The van der Waals surface area contributed by atoms with Crippen LogP contribution in [-0.4, -0.2) is 24.1 Å². The van der Waals surface area contributed by atoms with Gasteiger partial charge in [-0.25, -0.2) is 0 Å². The molecule has 10 heteroatoms. The topological polar surface area (TPSA) is 44.4 Å². The maximum atomic E-state index is 13.2. The standard InChI is InChI=1S/C20H18BrClF3N3OS/c21-13-5-6-15(22)14(11-13)18(29)27-19(30)26-16-10-12(20(23,24)25)4-7-17(16)28-8-2-1-3-9-28/h4-7,10-11H,1-3,8-9H2,(H2,26,27,29,30). The Morgan fingerprint density at radius 2 is 1.80 bits per heavy atom. The predicted molar refractivity (Wildman–Crippen MR) is 120 cm³/mol. The smallest absolute Gasteiger partial charge is 0.370 e. The fourth-order valence-electron chi connectivity index (χ4n) is 3.22. The van der Waals surface area contributed by atoms with Crippen molar-refractivity contribution < 1.29 is 18.0 Å². The molecule has 4 nitrogen and oxygen atoms in total. The van der Waals surface area contributed by atoms with Gasteiger partial charge in [-0.1, -0.05) is 27.5 Å². The molecule has 2 aromatic carbocycles. The SMILES string of the molecule is O=C(NC(=S)Nc1cc(C(F)(F)F)ccc1N1CCCCC1)c1cc(Br)ccc1Cl. The summed E-state index contributed by atoms with van der Waals surface area (Å²) in [6, 6.07) is 8.27. The maximum absolute atomic E-state index is 13.2. The summed E-state index contributed by atoms with van der Waals surface area (Å²) in [7, 11) is 0. The molecule has 1 amide bonds. The largest absolute Gasteiger partial charge is 0.416 e. The molecule has 0 aliphatic carbocycles. The van der Waals surface area contributed by atoms with Gasteiger partial charge in [-0.2, -0.15) is 13.2 Å². The van der Waals surface area contributed by atoms with Crippen molar-refractivity contribution in [2.45, 2.75) is 25.4 Å². The Labute approximate surface area is 190 Å². The van der Waals surface area contributed by atoms with Crippen molar-refractivity contribution in [1.29, 1.82) is 0 Å². The van der Waals surface area contributed by atoms with Gasteiger partial charge in [0.1, 0.15) is 0 Å². The third kappa shape index (κ3) is 5.65. The van der Waals surface area contributed by atoms with Gasteiger partial charge in [0, 0.05) is 17.6 Å². The quantitative estimate of drug-likeness (QED) is 0.470. The average Bonchev–Trinajstić information content (AvgIpc) is 2.69. The van der Waals surface area contributed by atoms with E-state index >= 15 is 0 Å². The van der Waals surface area contributed by atoms with Crippen molar-refractivity contribution in [2.75, 3.05) is 23.3 Å². The molecule has 1 heterocycles. The second kappa shape index (κ2) is 9.53. The number of thiocarbonyl (C=S) groups is 1. The van der Waals surface area contributed by atoms with Crippen LogP contribution in [0.5, 0.6) is 0 Å². The van der Waals surface area contributed by atoms with Crippen LogP contribution in [-0.2, 0) is 6.18 Å². The highest BCUT2D eigenvalue weighted by atomic mass is 79.9. The van der Waals surface area contributed by atoms with Crippen LogP contribution in [0.1, 0.15) is 35.2 Å². The van der Waals surface area contributed by atoms with Crippen LogP contribution >= 0.6 is 39.7 Å². The molecule has 0 bridgehead atoms. The zero-order valence-electron chi connectivity index (χ0n) is 15.7. The molecule has 2 N–H and O–H groups in total. The molecule has 0 atom stereocenters. The minimum atomic E-state index is -4.49. The minimum absolute atomic E-state index is 0.117. The molecule has 0 aromatic heterocycles. The van der Waals surface area contributed by atoms with E-state index in [0.29, 0.717) is 10.2 Å². The number of rotatable bonds is 3. The lowest BCUT2D eigenvalue weighted by Crippen LogP contribution is -2.36. The monoisotopic (exact) mass is 519 g/mol. The number of piperidine rings is 1. The van der Waals surface area contributed by atoms with Crippen LogP contribution in [0, 0.1) is 0 Å². The van der Waals surface area contributed by atoms with Crippen molar-refractivity contribution in [2.24, 2.45) is 0 Å². The van der Waals surface area contributed by atoms with Crippen molar-refractivity contribution in [3.8, 4) is 0 Å². The number of carbonyl (C=O) groups excluding carboxylic acids is 1. The normalized spacial score (nSPS) is 14.4. The summed E-state index contributed by atoms with van der Waals surface area (Å²) in [4.78, 5) is 14.5. The molecule has 2 aromatic rings. The molecule has 0 radical (unpaired) electrons. The first-order valence-corrected chi connectivity index (χ1v) is 10.8. The molecule has 1 aliphatic rings. The lowest BCUT2D eigenvalue weighted by molar-refractivity contribution is -0.137. The minimum Gasteiger partial charge on any atom is -0.370 e. The van der Waals surface area contributed by atoms with Gasteiger partial charge in [-0.3, -0.25) is 10.1 Å². The predicted octanol–water partition coefficient (Wildman–Crippen LogP) is 6.24. The number of hydrogen-bond acceptors (Lipinski definition) is 3. The Morgan fingerprint density at radius 1 is 1.10 bits per heavy atom. The summed E-state index contributed by atoms with van der Waals surface area (Å²) < 4.78 is 40.3. The number of nitrogens with one attached hydrogen (secondary N) is 2. The van der Waals surface area contributed by atoms with Crippen LogP contribution < -0.4 is 15.5 Å². The zero-order chi connectivity index (χ0) is 21.9. The van der Waals surface area contributed by atoms with E-state index in [2.05, 4.69) is 26.6 Å². The van der Waals surface area contributed by atoms with Gasteiger partial charge in [0.2, 0.25) is 0 Å². The number of amides is 1. The van der Waals surface area contributed by atoms with Crippen LogP contribution in [0.3, 0.4) is 0 Å². The summed E-state index contributed by atoms with van der Waals surface area (Å²) in [6.45, 7) is 1.49. The van der Waals surface area contributed by atoms with Gasteiger partial charge in [0.05, 0.1) is 27.5 Å². The van der Waals surface area contributed by atoms with E-state index in [0.717, 1.165) is 44.5 Å². The van der Waals surface area contributed by atoms with E-state index in [9.17, 15) is 18.0 Å². The summed E-state index contributed by atoms with van der Waals surface area (Å²) in [5.41, 5.74) is 0.197. The van der Waals surface area contributed by atoms with Gasteiger partial charge >= 0.3 is 6.18 Å². The number of carbonyl (C=O) groups is 1. The molecule has 30 heavy (non-hydrogen) atoms. The molecule has 160 valence electrons. The van der Waals surface area contributed by atoms with Crippen molar-refractivity contribution in [1.82, 2.24) is 5.32 Å². The molecule has 1 aliphatic heterocycles. The second-order valence-electron chi connectivity index (χ2n) is 6.81. The van der Waals surface area contributed by atoms with Crippen molar-refractivity contribution in [3.63, 3.8) is 0 Å². The Kier molecular flexibility index (Phi) is 7.26. The summed E-state index contributed by atoms with van der Waals surface area (Å²) in [5, 5.41) is 5.35.